The molecule has 0 fully saturated rings. The van der Waals surface area contributed by atoms with Gasteiger partial charge in [0, 0.05) is 0 Å². The molecule has 0 aliphatic rings. The highest BCUT2D eigenvalue weighted by atomic mass is 16.7. The van der Waals surface area contributed by atoms with Gasteiger partial charge in [0.15, 0.2) is 0 Å². The van der Waals surface area contributed by atoms with Gasteiger partial charge in [0.1, 0.15) is 12.1 Å². The Hall–Kier alpha value is -2.20. The maximum Gasteiger partial charge on any atom is 0.323 e. The van der Waals surface area contributed by atoms with Crippen LogP contribution in [0.5, 0.6) is 0 Å². The second-order valence-electron chi connectivity index (χ2n) is 3.82. The molecule has 120 valence electrons. The molecule has 0 aromatic heterocycles. The van der Waals surface area contributed by atoms with E-state index in [0.717, 1.165) is 14.2 Å². The SMILES string of the molecule is COC(=O)[C@@H](N)CC(=O)OCOC(=O)C[C@H](N)C(=O)OC. The minimum atomic E-state index is -1.16. The first-order chi connectivity index (χ1) is 9.81. The molecule has 0 aliphatic heterocycles. The zero-order valence-corrected chi connectivity index (χ0v) is 11.7. The lowest BCUT2D eigenvalue weighted by Crippen LogP contribution is -2.35. The van der Waals surface area contributed by atoms with Crippen molar-refractivity contribution < 1.29 is 38.1 Å². The van der Waals surface area contributed by atoms with Crippen LogP contribution in [0.4, 0.5) is 0 Å². The molecule has 0 saturated carbocycles. The van der Waals surface area contributed by atoms with E-state index in [1.165, 1.54) is 0 Å². The third-order valence-corrected chi connectivity index (χ3v) is 2.22. The van der Waals surface area contributed by atoms with Gasteiger partial charge in [-0.1, -0.05) is 0 Å². The van der Waals surface area contributed by atoms with Crippen molar-refractivity contribution in [3.05, 3.63) is 0 Å². The molecule has 0 aliphatic carbocycles. The van der Waals surface area contributed by atoms with Gasteiger partial charge in [-0.15, -0.1) is 0 Å². The summed E-state index contributed by atoms with van der Waals surface area (Å²) in [5, 5.41) is 0. The zero-order chi connectivity index (χ0) is 16.4. The molecule has 2 atom stereocenters. The van der Waals surface area contributed by atoms with Gasteiger partial charge in [-0.3, -0.25) is 19.2 Å². The van der Waals surface area contributed by atoms with Crippen molar-refractivity contribution in [1.29, 1.82) is 0 Å². The fraction of sp³-hybridized carbons (Fsp3) is 0.636. The number of carbonyl (C=O) groups is 4. The van der Waals surface area contributed by atoms with E-state index in [0.29, 0.717) is 0 Å². The first-order valence-corrected chi connectivity index (χ1v) is 5.79. The molecule has 0 aromatic carbocycles. The Morgan fingerprint density at radius 2 is 1.14 bits per heavy atom. The molecule has 0 unspecified atom stereocenters. The van der Waals surface area contributed by atoms with E-state index in [4.69, 9.17) is 11.5 Å². The first kappa shape index (κ1) is 18.8. The Morgan fingerprint density at radius 3 is 1.43 bits per heavy atom. The Bertz CT molecular complexity index is 362. The summed E-state index contributed by atoms with van der Waals surface area (Å²) < 4.78 is 17.7. The minimum absolute atomic E-state index is 0.425. The van der Waals surface area contributed by atoms with Crippen LogP contribution in [0, 0.1) is 0 Å². The summed E-state index contributed by atoms with van der Waals surface area (Å²) in [7, 11) is 2.25. The number of carbonyl (C=O) groups excluding carboxylic acids is 4. The molecule has 0 rings (SSSR count). The van der Waals surface area contributed by atoms with Crippen molar-refractivity contribution in [2.24, 2.45) is 11.5 Å². The molecule has 0 amide bonds. The van der Waals surface area contributed by atoms with E-state index in [1.807, 2.05) is 0 Å². The lowest BCUT2D eigenvalue weighted by atomic mass is 10.2. The summed E-state index contributed by atoms with van der Waals surface area (Å²) in [5.74, 6) is -3.24. The van der Waals surface area contributed by atoms with E-state index in [-0.39, 0.29) is 0 Å². The van der Waals surface area contributed by atoms with E-state index in [2.05, 4.69) is 18.9 Å². The normalized spacial score (nSPS) is 12.8. The molecule has 0 radical (unpaired) electrons. The van der Waals surface area contributed by atoms with Gasteiger partial charge >= 0.3 is 23.9 Å². The van der Waals surface area contributed by atoms with Crippen molar-refractivity contribution in [2.75, 3.05) is 21.0 Å². The fourth-order valence-corrected chi connectivity index (χ4v) is 1.11. The molecule has 21 heavy (non-hydrogen) atoms. The number of ether oxygens (including phenoxy) is 4. The topological polar surface area (TPSA) is 157 Å². The molecule has 0 spiro atoms. The molecule has 0 heterocycles. The molecule has 10 nitrogen and oxygen atoms in total. The van der Waals surface area contributed by atoms with Crippen LogP contribution in [-0.2, 0) is 38.1 Å². The van der Waals surface area contributed by atoms with Gasteiger partial charge in [0.2, 0.25) is 6.79 Å². The number of hydrogen-bond donors (Lipinski definition) is 2. The number of esters is 4. The molecular weight excluding hydrogens is 288 g/mol. The summed E-state index contributed by atoms with van der Waals surface area (Å²) in [6.45, 7) is -0.681. The predicted octanol–water partition coefficient (Wildman–Crippen LogP) is -2.19. The maximum absolute atomic E-state index is 11.2. The van der Waals surface area contributed by atoms with Crippen LogP contribution in [0.3, 0.4) is 0 Å². The lowest BCUT2D eigenvalue weighted by Gasteiger charge is -2.11. The Morgan fingerprint density at radius 1 is 0.810 bits per heavy atom. The van der Waals surface area contributed by atoms with E-state index < -0.39 is 55.6 Å². The summed E-state index contributed by atoms with van der Waals surface area (Å²) in [5.41, 5.74) is 10.6. The van der Waals surface area contributed by atoms with Gasteiger partial charge < -0.3 is 30.4 Å². The van der Waals surface area contributed by atoms with E-state index in [9.17, 15) is 19.2 Å². The molecular formula is C11H18N2O8. The van der Waals surface area contributed by atoms with Gasteiger partial charge in [0.05, 0.1) is 27.1 Å². The van der Waals surface area contributed by atoms with Crippen molar-refractivity contribution in [1.82, 2.24) is 0 Å². The zero-order valence-electron chi connectivity index (χ0n) is 11.7. The number of methoxy groups -OCH3 is 2. The summed E-state index contributed by atoms with van der Waals surface area (Å²) >= 11 is 0. The average molecular weight is 306 g/mol. The van der Waals surface area contributed by atoms with Gasteiger partial charge in [-0.2, -0.15) is 0 Å². The smallest absolute Gasteiger partial charge is 0.323 e. The second-order valence-corrected chi connectivity index (χ2v) is 3.82. The fourth-order valence-electron chi connectivity index (χ4n) is 1.11. The van der Waals surface area contributed by atoms with Crippen LogP contribution in [-0.4, -0.2) is 57.0 Å². The van der Waals surface area contributed by atoms with Crippen molar-refractivity contribution in [3.63, 3.8) is 0 Å². The summed E-state index contributed by atoms with van der Waals surface area (Å²) in [4.78, 5) is 44.4. The third kappa shape index (κ3) is 7.84. The number of hydrogen-bond acceptors (Lipinski definition) is 10. The van der Waals surface area contributed by atoms with Crippen LogP contribution in [0.1, 0.15) is 12.8 Å². The Kier molecular flexibility index (Phi) is 8.65. The second kappa shape index (κ2) is 9.66. The third-order valence-electron chi connectivity index (χ3n) is 2.22. The molecule has 0 saturated heterocycles. The standard InChI is InChI=1S/C11H18N2O8/c1-18-10(16)6(12)3-8(14)20-5-21-9(15)4-7(13)11(17)19-2/h6-7H,3-5,12-13H2,1-2H3/t6-,7-/m0/s1. The summed E-state index contributed by atoms with van der Waals surface area (Å²) in [6.07, 6.45) is -0.849. The van der Waals surface area contributed by atoms with Gasteiger partial charge in [-0.25, -0.2) is 0 Å². The van der Waals surface area contributed by atoms with Crippen LogP contribution in [0.15, 0.2) is 0 Å². The van der Waals surface area contributed by atoms with E-state index >= 15 is 0 Å². The van der Waals surface area contributed by atoms with Gasteiger partial charge in [-0.05, 0) is 0 Å². The average Bonchev–Trinajstić information content (AvgIpc) is 2.44. The number of rotatable bonds is 8. The highest BCUT2D eigenvalue weighted by molar-refractivity contribution is 5.83. The minimum Gasteiger partial charge on any atom is -0.468 e. The lowest BCUT2D eigenvalue weighted by molar-refractivity contribution is -0.169. The predicted molar refractivity (Wildman–Crippen MR) is 66.3 cm³/mol. The van der Waals surface area contributed by atoms with Crippen LogP contribution < -0.4 is 11.5 Å². The molecule has 0 aromatic rings. The quantitative estimate of drug-likeness (QED) is 0.286. The first-order valence-electron chi connectivity index (χ1n) is 5.79. The Balaban J connectivity index is 3.93. The van der Waals surface area contributed by atoms with Crippen molar-refractivity contribution in [2.45, 2.75) is 24.9 Å². The number of nitrogens with two attached hydrogens (primary N) is 2. The molecule has 4 N–H and O–H groups in total. The monoisotopic (exact) mass is 306 g/mol. The Labute approximate surface area is 120 Å². The molecule has 0 bridgehead atoms. The largest absolute Gasteiger partial charge is 0.468 e. The van der Waals surface area contributed by atoms with Crippen molar-refractivity contribution in [3.8, 4) is 0 Å². The maximum atomic E-state index is 11.2. The highest BCUT2D eigenvalue weighted by Crippen LogP contribution is 1.98. The highest BCUT2D eigenvalue weighted by Gasteiger charge is 2.21. The van der Waals surface area contributed by atoms with Crippen LogP contribution in [0.2, 0.25) is 0 Å². The van der Waals surface area contributed by atoms with E-state index in [1.54, 1.807) is 0 Å². The summed E-state index contributed by atoms with van der Waals surface area (Å²) in [6, 6.07) is -2.32. The van der Waals surface area contributed by atoms with Crippen molar-refractivity contribution >= 4 is 23.9 Å². The molecule has 10 heteroatoms. The van der Waals surface area contributed by atoms with Gasteiger partial charge in [0.25, 0.3) is 0 Å². The van der Waals surface area contributed by atoms with Crippen LogP contribution in [0.25, 0.3) is 0 Å². The van der Waals surface area contributed by atoms with Crippen LogP contribution >= 0.6 is 0 Å².